The van der Waals surface area contributed by atoms with Gasteiger partial charge < -0.3 is 18.9 Å². The number of nitrogens with zero attached hydrogens (tertiary/aromatic N) is 4. The summed E-state index contributed by atoms with van der Waals surface area (Å²) in [6.07, 6.45) is -0.374. The van der Waals surface area contributed by atoms with E-state index in [4.69, 9.17) is 18.9 Å². The number of hydrogen-bond donors (Lipinski definition) is 0. The highest BCUT2D eigenvalue weighted by atomic mass is 32.1. The van der Waals surface area contributed by atoms with Gasteiger partial charge in [0.25, 0.3) is 0 Å². The molecule has 4 aromatic rings. The van der Waals surface area contributed by atoms with Crippen molar-refractivity contribution in [3.63, 3.8) is 0 Å². The third-order valence-corrected chi connectivity index (χ3v) is 5.38. The fourth-order valence-electron chi connectivity index (χ4n) is 3.13. The second kappa shape index (κ2) is 5.58. The molecule has 2 aliphatic heterocycles. The Balaban J connectivity index is 1.37. The van der Waals surface area contributed by atoms with Crippen molar-refractivity contribution in [3.05, 3.63) is 48.3 Å². The van der Waals surface area contributed by atoms with Crippen molar-refractivity contribution in [3.8, 4) is 33.6 Å². The molecule has 134 valence electrons. The van der Waals surface area contributed by atoms with E-state index >= 15 is 0 Å². The van der Waals surface area contributed by atoms with Crippen LogP contribution < -0.4 is 18.9 Å². The predicted octanol–water partition coefficient (Wildman–Crippen LogP) is 3.09. The Hall–Kier alpha value is -3.33. The maximum atomic E-state index is 6.04. The van der Waals surface area contributed by atoms with E-state index in [1.165, 1.54) is 11.3 Å². The molecule has 0 N–H and O–H groups in total. The normalized spacial score (nSPS) is 17.4. The summed E-state index contributed by atoms with van der Waals surface area (Å²) in [6.45, 7) is 0.600. The number of aromatic nitrogens is 4. The second-order valence-corrected chi connectivity index (χ2v) is 7.05. The van der Waals surface area contributed by atoms with Crippen LogP contribution in [-0.4, -0.2) is 33.2 Å². The molecule has 8 nitrogen and oxygen atoms in total. The Morgan fingerprint density at radius 1 is 0.926 bits per heavy atom. The zero-order chi connectivity index (χ0) is 17.8. The third-order valence-electron chi connectivity index (χ3n) is 4.43. The van der Waals surface area contributed by atoms with Crippen LogP contribution in [0.25, 0.3) is 15.5 Å². The van der Waals surface area contributed by atoms with Gasteiger partial charge in [0.1, 0.15) is 11.6 Å². The topological polar surface area (TPSA) is 80.0 Å². The molecule has 4 heterocycles. The number of ether oxygens (including phenoxy) is 4. The fraction of sp³-hybridized carbons (Fsp3) is 0.167. The summed E-state index contributed by atoms with van der Waals surface area (Å²) in [5.41, 5.74) is 0.937. The standard InChI is InChI=1S/C18H12N4O4S/c1-2-4-13-11(3-1)23-8-15(26-13)16-19-20-18-22(16)21-17(27-18)10-5-6-12-14(7-10)25-9-24-12/h1-7,15H,8-9H2/t15-/m1/s1. The summed E-state index contributed by atoms with van der Waals surface area (Å²) in [5, 5.41) is 14.0. The van der Waals surface area contributed by atoms with Gasteiger partial charge in [-0.05, 0) is 30.3 Å². The Labute approximate surface area is 156 Å². The van der Waals surface area contributed by atoms with Crippen LogP contribution in [0, 0.1) is 0 Å². The van der Waals surface area contributed by atoms with E-state index in [-0.39, 0.29) is 12.9 Å². The van der Waals surface area contributed by atoms with E-state index in [1.54, 1.807) is 4.52 Å². The SMILES string of the molecule is c1ccc2c(c1)OC[C@H](c1nnc3sc(-c4ccc5c(c4)OCO5)nn13)O2. The van der Waals surface area contributed by atoms with Gasteiger partial charge in [-0.3, -0.25) is 0 Å². The zero-order valence-electron chi connectivity index (χ0n) is 13.9. The molecule has 0 fully saturated rings. The van der Waals surface area contributed by atoms with Crippen LogP contribution >= 0.6 is 11.3 Å². The molecular formula is C18H12N4O4S. The molecule has 1 atom stereocenters. The summed E-state index contributed by atoms with van der Waals surface area (Å²) in [4.78, 5) is 0.695. The first-order valence-corrected chi connectivity index (χ1v) is 9.17. The maximum Gasteiger partial charge on any atom is 0.235 e. The van der Waals surface area contributed by atoms with Crippen molar-refractivity contribution >= 4 is 16.3 Å². The van der Waals surface area contributed by atoms with E-state index in [2.05, 4.69) is 15.3 Å². The maximum absolute atomic E-state index is 6.04. The lowest BCUT2D eigenvalue weighted by Crippen LogP contribution is -2.23. The fourth-order valence-corrected chi connectivity index (χ4v) is 3.97. The van der Waals surface area contributed by atoms with E-state index < -0.39 is 0 Å². The minimum atomic E-state index is -0.374. The molecule has 2 aliphatic rings. The Morgan fingerprint density at radius 3 is 2.74 bits per heavy atom. The Kier molecular flexibility index (Phi) is 3.06. The molecule has 9 heteroatoms. The summed E-state index contributed by atoms with van der Waals surface area (Å²) in [6, 6.07) is 13.3. The van der Waals surface area contributed by atoms with Gasteiger partial charge >= 0.3 is 0 Å². The van der Waals surface area contributed by atoms with Gasteiger partial charge in [-0.25, -0.2) is 0 Å². The first-order valence-electron chi connectivity index (χ1n) is 8.36. The molecule has 0 spiro atoms. The number of rotatable bonds is 2. The molecule has 0 saturated carbocycles. The van der Waals surface area contributed by atoms with Crippen LogP contribution in [0.2, 0.25) is 0 Å². The summed E-state index contributed by atoms with van der Waals surface area (Å²) >= 11 is 1.45. The number of benzene rings is 2. The van der Waals surface area contributed by atoms with E-state index in [0.29, 0.717) is 23.1 Å². The van der Waals surface area contributed by atoms with Gasteiger partial charge in [0.15, 0.2) is 34.9 Å². The minimum absolute atomic E-state index is 0.245. The second-order valence-electron chi connectivity index (χ2n) is 6.09. The van der Waals surface area contributed by atoms with Crippen molar-refractivity contribution in [2.24, 2.45) is 0 Å². The molecule has 0 unspecified atom stereocenters. The van der Waals surface area contributed by atoms with Crippen molar-refractivity contribution in [2.75, 3.05) is 13.4 Å². The van der Waals surface area contributed by atoms with Gasteiger partial charge in [-0.1, -0.05) is 23.5 Å². The highest BCUT2D eigenvalue weighted by Crippen LogP contribution is 2.38. The highest BCUT2D eigenvalue weighted by molar-refractivity contribution is 7.19. The van der Waals surface area contributed by atoms with Crippen LogP contribution in [-0.2, 0) is 0 Å². The average Bonchev–Trinajstić information content (AvgIpc) is 3.42. The van der Waals surface area contributed by atoms with Crippen LogP contribution in [0.5, 0.6) is 23.0 Å². The average molecular weight is 380 g/mol. The van der Waals surface area contributed by atoms with E-state index in [0.717, 1.165) is 27.8 Å². The molecule has 0 amide bonds. The Bertz CT molecular complexity index is 1170. The lowest BCUT2D eigenvalue weighted by molar-refractivity contribution is 0.0836. The molecule has 0 bridgehead atoms. The number of fused-ring (bicyclic) bond motifs is 3. The molecular weight excluding hydrogens is 368 g/mol. The molecule has 2 aromatic heterocycles. The van der Waals surface area contributed by atoms with Crippen LogP contribution in [0.15, 0.2) is 42.5 Å². The monoisotopic (exact) mass is 380 g/mol. The molecule has 6 rings (SSSR count). The lowest BCUT2D eigenvalue weighted by Gasteiger charge is -2.24. The van der Waals surface area contributed by atoms with Crippen LogP contribution in [0.3, 0.4) is 0 Å². The van der Waals surface area contributed by atoms with Gasteiger partial charge in [-0.2, -0.15) is 9.61 Å². The molecule has 27 heavy (non-hydrogen) atoms. The van der Waals surface area contributed by atoms with Gasteiger partial charge in [0.05, 0.1) is 0 Å². The van der Waals surface area contributed by atoms with Gasteiger partial charge in [-0.15, -0.1) is 10.2 Å². The number of hydrogen-bond acceptors (Lipinski definition) is 8. The van der Waals surface area contributed by atoms with Crippen LogP contribution in [0.1, 0.15) is 11.9 Å². The van der Waals surface area contributed by atoms with Crippen molar-refractivity contribution in [1.29, 1.82) is 0 Å². The lowest BCUT2D eigenvalue weighted by atomic mass is 10.2. The quantitative estimate of drug-likeness (QED) is 0.529. The molecule has 0 aliphatic carbocycles. The van der Waals surface area contributed by atoms with Gasteiger partial charge in [0, 0.05) is 5.56 Å². The summed E-state index contributed by atoms with van der Waals surface area (Å²) in [5.74, 6) is 3.50. The van der Waals surface area contributed by atoms with Crippen molar-refractivity contribution in [1.82, 2.24) is 19.8 Å². The zero-order valence-corrected chi connectivity index (χ0v) is 14.7. The van der Waals surface area contributed by atoms with E-state index in [1.807, 2.05) is 42.5 Å². The third kappa shape index (κ3) is 2.32. The molecule has 0 saturated heterocycles. The number of para-hydroxylation sites is 2. The summed E-state index contributed by atoms with van der Waals surface area (Å²) < 4.78 is 24.4. The molecule has 2 aromatic carbocycles. The largest absolute Gasteiger partial charge is 0.485 e. The first-order chi connectivity index (χ1) is 13.3. The van der Waals surface area contributed by atoms with Crippen molar-refractivity contribution in [2.45, 2.75) is 6.10 Å². The van der Waals surface area contributed by atoms with Gasteiger partial charge in [0.2, 0.25) is 11.8 Å². The summed E-state index contributed by atoms with van der Waals surface area (Å²) in [7, 11) is 0. The predicted molar refractivity (Wildman–Crippen MR) is 95.5 cm³/mol. The highest BCUT2D eigenvalue weighted by Gasteiger charge is 2.28. The van der Waals surface area contributed by atoms with Crippen LogP contribution in [0.4, 0.5) is 0 Å². The van der Waals surface area contributed by atoms with Crippen molar-refractivity contribution < 1.29 is 18.9 Å². The first kappa shape index (κ1) is 14.8. The Morgan fingerprint density at radius 2 is 1.78 bits per heavy atom. The molecule has 0 radical (unpaired) electrons. The van der Waals surface area contributed by atoms with E-state index in [9.17, 15) is 0 Å². The smallest absolute Gasteiger partial charge is 0.235 e. The minimum Gasteiger partial charge on any atom is -0.485 e.